The van der Waals surface area contributed by atoms with E-state index in [2.05, 4.69) is 5.32 Å². The minimum absolute atomic E-state index is 0.109. The first-order valence-corrected chi connectivity index (χ1v) is 5.46. The first-order chi connectivity index (χ1) is 7.26. The van der Waals surface area contributed by atoms with E-state index in [9.17, 15) is 9.59 Å². The van der Waals surface area contributed by atoms with Crippen molar-refractivity contribution >= 4 is 12.1 Å². The number of alkyl carbamates (subject to hydrolysis) is 1. The number of carbonyl (C=O) groups is 2. The van der Waals surface area contributed by atoms with Crippen molar-refractivity contribution in [3.05, 3.63) is 0 Å². The Bertz CT molecular complexity index is 245. The van der Waals surface area contributed by atoms with Gasteiger partial charge in [-0.2, -0.15) is 0 Å². The van der Waals surface area contributed by atoms with Crippen LogP contribution in [0.5, 0.6) is 0 Å². The van der Waals surface area contributed by atoms with Crippen LogP contribution in [0.15, 0.2) is 0 Å². The summed E-state index contributed by atoms with van der Waals surface area (Å²) in [4.78, 5) is 22.1. The fourth-order valence-electron chi connectivity index (χ4n) is 1.18. The minimum atomic E-state index is -0.891. The van der Waals surface area contributed by atoms with E-state index in [1.54, 1.807) is 20.8 Å². The number of hydrogen-bond acceptors (Lipinski definition) is 3. The Balaban J connectivity index is 4.01. The van der Waals surface area contributed by atoms with E-state index in [0.717, 1.165) is 6.42 Å². The molecule has 0 aliphatic heterocycles. The number of nitrogens with one attached hydrogen (secondary N) is 1. The normalized spacial score (nSPS) is 13.0. The van der Waals surface area contributed by atoms with Gasteiger partial charge in [-0.25, -0.2) is 4.79 Å². The molecule has 0 heterocycles. The summed E-state index contributed by atoms with van der Waals surface area (Å²) in [7, 11) is 0. The smallest absolute Gasteiger partial charge is 0.407 e. The Labute approximate surface area is 96.2 Å². The summed E-state index contributed by atoms with van der Waals surface area (Å²) < 4.78 is 5.00. The maximum Gasteiger partial charge on any atom is 0.407 e. The quantitative estimate of drug-likeness (QED) is 0.759. The second-order valence-corrected chi connectivity index (χ2v) is 4.71. The Morgan fingerprint density at radius 2 is 1.94 bits per heavy atom. The Kier molecular flexibility index (Phi) is 5.85. The number of carboxylic acid groups (broad SMARTS) is 1. The van der Waals surface area contributed by atoms with Gasteiger partial charge < -0.3 is 15.2 Å². The zero-order valence-electron chi connectivity index (χ0n) is 10.4. The van der Waals surface area contributed by atoms with Gasteiger partial charge in [0, 0.05) is 6.54 Å². The molecule has 5 nitrogen and oxygen atoms in total. The highest BCUT2D eigenvalue weighted by molar-refractivity contribution is 5.72. The number of amides is 1. The van der Waals surface area contributed by atoms with Crippen molar-refractivity contribution in [3.63, 3.8) is 0 Å². The van der Waals surface area contributed by atoms with Gasteiger partial charge in [-0.3, -0.25) is 4.79 Å². The van der Waals surface area contributed by atoms with Crippen LogP contribution in [0, 0.1) is 5.92 Å². The van der Waals surface area contributed by atoms with Crippen LogP contribution < -0.4 is 5.32 Å². The predicted molar refractivity (Wildman–Crippen MR) is 60.3 cm³/mol. The zero-order valence-corrected chi connectivity index (χ0v) is 10.4. The summed E-state index contributed by atoms with van der Waals surface area (Å²) in [6, 6.07) is 0. The first kappa shape index (κ1) is 14.7. The predicted octanol–water partition coefficient (Wildman–Crippen LogP) is 2.01. The summed E-state index contributed by atoms with van der Waals surface area (Å²) >= 11 is 0. The molecule has 0 radical (unpaired) electrons. The number of carbonyl (C=O) groups excluding carboxylic acids is 1. The third-order valence-electron chi connectivity index (χ3n) is 1.88. The van der Waals surface area contributed by atoms with Gasteiger partial charge in [-0.15, -0.1) is 0 Å². The molecule has 16 heavy (non-hydrogen) atoms. The van der Waals surface area contributed by atoms with Crippen molar-refractivity contribution in [2.45, 2.75) is 46.1 Å². The van der Waals surface area contributed by atoms with Crippen LogP contribution in [0.1, 0.15) is 40.5 Å². The maximum absolute atomic E-state index is 11.3. The van der Waals surface area contributed by atoms with Crippen molar-refractivity contribution in [1.82, 2.24) is 5.32 Å². The lowest BCUT2D eigenvalue weighted by Crippen LogP contribution is -2.37. The van der Waals surface area contributed by atoms with E-state index in [-0.39, 0.29) is 6.54 Å². The van der Waals surface area contributed by atoms with E-state index in [1.165, 1.54) is 0 Å². The highest BCUT2D eigenvalue weighted by atomic mass is 16.6. The molecule has 0 aromatic rings. The molecule has 0 saturated heterocycles. The molecule has 1 atom stereocenters. The third kappa shape index (κ3) is 7.09. The van der Waals surface area contributed by atoms with E-state index in [1.807, 2.05) is 6.92 Å². The van der Waals surface area contributed by atoms with Gasteiger partial charge in [0.2, 0.25) is 0 Å². The second-order valence-electron chi connectivity index (χ2n) is 4.71. The van der Waals surface area contributed by atoms with Crippen LogP contribution in [0.25, 0.3) is 0 Å². The molecule has 0 aromatic heterocycles. The average Bonchev–Trinajstić information content (AvgIpc) is 2.08. The van der Waals surface area contributed by atoms with Crippen molar-refractivity contribution in [2.75, 3.05) is 6.54 Å². The monoisotopic (exact) mass is 231 g/mol. The van der Waals surface area contributed by atoms with Gasteiger partial charge in [0.15, 0.2) is 0 Å². The highest BCUT2D eigenvalue weighted by Gasteiger charge is 2.20. The SMILES string of the molecule is CCCC(CNC(=O)OC(C)(C)C)C(=O)O. The zero-order chi connectivity index (χ0) is 12.8. The average molecular weight is 231 g/mol. The van der Waals surface area contributed by atoms with Crippen LogP contribution in [0.2, 0.25) is 0 Å². The van der Waals surface area contributed by atoms with Crippen LogP contribution in [-0.4, -0.2) is 29.3 Å². The Morgan fingerprint density at radius 3 is 2.31 bits per heavy atom. The standard InChI is InChI=1S/C11H21NO4/c1-5-6-8(9(13)14)7-12-10(15)16-11(2,3)4/h8H,5-7H2,1-4H3,(H,12,15)(H,13,14). The molecule has 94 valence electrons. The van der Waals surface area contributed by atoms with E-state index < -0.39 is 23.6 Å². The number of aliphatic carboxylic acids is 1. The van der Waals surface area contributed by atoms with Gasteiger partial charge in [-0.05, 0) is 27.2 Å². The molecular weight excluding hydrogens is 210 g/mol. The van der Waals surface area contributed by atoms with Crippen molar-refractivity contribution in [1.29, 1.82) is 0 Å². The highest BCUT2D eigenvalue weighted by Crippen LogP contribution is 2.08. The van der Waals surface area contributed by atoms with E-state index in [0.29, 0.717) is 6.42 Å². The third-order valence-corrected chi connectivity index (χ3v) is 1.88. The van der Waals surface area contributed by atoms with Gasteiger partial charge in [-0.1, -0.05) is 13.3 Å². The lowest BCUT2D eigenvalue weighted by atomic mass is 10.0. The van der Waals surface area contributed by atoms with Crippen LogP contribution in [0.3, 0.4) is 0 Å². The summed E-state index contributed by atoms with van der Waals surface area (Å²) in [6.45, 7) is 7.29. The molecule has 1 unspecified atom stereocenters. The molecule has 0 saturated carbocycles. The summed E-state index contributed by atoms with van der Waals surface area (Å²) in [6.07, 6.45) is 0.743. The first-order valence-electron chi connectivity index (χ1n) is 5.46. The summed E-state index contributed by atoms with van der Waals surface area (Å²) in [5.41, 5.74) is -0.562. The fourth-order valence-corrected chi connectivity index (χ4v) is 1.18. The summed E-state index contributed by atoms with van der Waals surface area (Å²) in [5.74, 6) is -1.43. The minimum Gasteiger partial charge on any atom is -0.481 e. The molecule has 5 heteroatoms. The Morgan fingerprint density at radius 1 is 1.38 bits per heavy atom. The molecule has 0 aliphatic carbocycles. The Hall–Kier alpha value is -1.26. The molecule has 1 amide bonds. The molecule has 0 bridgehead atoms. The number of carboxylic acids is 1. The molecular formula is C11H21NO4. The van der Waals surface area contributed by atoms with Crippen molar-refractivity contribution < 1.29 is 19.4 Å². The molecule has 0 fully saturated rings. The van der Waals surface area contributed by atoms with Crippen LogP contribution >= 0.6 is 0 Å². The van der Waals surface area contributed by atoms with Gasteiger partial charge in [0.25, 0.3) is 0 Å². The second kappa shape index (κ2) is 6.35. The molecule has 0 spiro atoms. The largest absolute Gasteiger partial charge is 0.481 e. The number of ether oxygens (including phenoxy) is 1. The summed E-state index contributed by atoms with van der Waals surface area (Å²) in [5, 5.41) is 11.3. The van der Waals surface area contributed by atoms with Crippen LogP contribution in [-0.2, 0) is 9.53 Å². The van der Waals surface area contributed by atoms with Gasteiger partial charge in [0.05, 0.1) is 5.92 Å². The fraction of sp³-hybridized carbons (Fsp3) is 0.818. The maximum atomic E-state index is 11.3. The van der Waals surface area contributed by atoms with Gasteiger partial charge >= 0.3 is 12.1 Å². The van der Waals surface area contributed by atoms with Crippen molar-refractivity contribution in [2.24, 2.45) is 5.92 Å². The van der Waals surface area contributed by atoms with Gasteiger partial charge in [0.1, 0.15) is 5.60 Å². The molecule has 0 aromatic carbocycles. The lowest BCUT2D eigenvalue weighted by Gasteiger charge is -2.20. The van der Waals surface area contributed by atoms with Crippen molar-refractivity contribution in [3.8, 4) is 0 Å². The van der Waals surface area contributed by atoms with E-state index in [4.69, 9.17) is 9.84 Å². The molecule has 0 aliphatic rings. The lowest BCUT2D eigenvalue weighted by molar-refractivity contribution is -0.141. The topological polar surface area (TPSA) is 75.6 Å². The number of rotatable bonds is 5. The van der Waals surface area contributed by atoms with Crippen LogP contribution in [0.4, 0.5) is 4.79 Å². The van der Waals surface area contributed by atoms with E-state index >= 15 is 0 Å². The molecule has 2 N–H and O–H groups in total. The number of hydrogen-bond donors (Lipinski definition) is 2. The molecule has 0 rings (SSSR count).